The number of fused-ring (bicyclic) bond motifs is 1. The van der Waals surface area contributed by atoms with Crippen LogP contribution in [0.2, 0.25) is 0 Å². The molecule has 82 valence electrons. The second-order valence-corrected chi connectivity index (χ2v) is 3.92. The third kappa shape index (κ3) is 1.36. The molecular formula is C9H16O5. The highest BCUT2D eigenvalue weighted by Crippen LogP contribution is 2.46. The van der Waals surface area contributed by atoms with Crippen LogP contribution in [0.15, 0.2) is 0 Å². The molecule has 0 aromatic carbocycles. The summed E-state index contributed by atoms with van der Waals surface area (Å²) in [6.07, 6.45) is -0.872. The lowest BCUT2D eigenvalue weighted by molar-refractivity contribution is -0.186. The summed E-state index contributed by atoms with van der Waals surface area (Å²) in [4.78, 5) is 0. The van der Waals surface area contributed by atoms with Gasteiger partial charge in [-0.1, -0.05) is 13.3 Å². The lowest BCUT2D eigenvalue weighted by Crippen LogP contribution is -2.52. The highest BCUT2D eigenvalue weighted by molar-refractivity contribution is 5.08. The molecule has 2 rings (SSSR count). The zero-order valence-electron chi connectivity index (χ0n) is 8.09. The third-order valence-electron chi connectivity index (χ3n) is 2.90. The van der Waals surface area contributed by atoms with Gasteiger partial charge in [-0.2, -0.15) is 0 Å². The predicted molar refractivity (Wildman–Crippen MR) is 46.5 cm³/mol. The van der Waals surface area contributed by atoms with E-state index in [4.69, 9.17) is 14.6 Å². The summed E-state index contributed by atoms with van der Waals surface area (Å²) < 4.78 is 10.3. The second-order valence-electron chi connectivity index (χ2n) is 3.92. The van der Waals surface area contributed by atoms with Crippen molar-refractivity contribution in [1.82, 2.24) is 0 Å². The molecule has 3 N–H and O–H groups in total. The Hall–Kier alpha value is -0.200. The van der Waals surface area contributed by atoms with E-state index in [1.54, 1.807) is 0 Å². The molecule has 0 aromatic heterocycles. The quantitative estimate of drug-likeness (QED) is 0.513. The average Bonchev–Trinajstić information content (AvgIpc) is 2.85. The van der Waals surface area contributed by atoms with E-state index in [1.165, 1.54) is 0 Å². The minimum atomic E-state index is -1.46. The molecule has 5 heteroatoms. The first-order valence-electron chi connectivity index (χ1n) is 4.98. The number of aliphatic hydroxyl groups excluding tert-OH is 2. The highest BCUT2D eigenvalue weighted by Gasteiger charge is 2.69. The van der Waals surface area contributed by atoms with Gasteiger partial charge in [-0.15, -0.1) is 0 Å². The van der Waals surface area contributed by atoms with Gasteiger partial charge in [0.25, 0.3) is 0 Å². The fourth-order valence-corrected chi connectivity index (χ4v) is 2.02. The lowest BCUT2D eigenvalue weighted by Gasteiger charge is -2.32. The maximum absolute atomic E-state index is 9.70. The number of aliphatic hydroxyl groups is 3. The van der Waals surface area contributed by atoms with Crippen LogP contribution in [0.5, 0.6) is 0 Å². The van der Waals surface area contributed by atoms with Crippen LogP contribution in [-0.2, 0) is 9.47 Å². The van der Waals surface area contributed by atoms with Crippen molar-refractivity contribution in [2.24, 2.45) is 0 Å². The summed E-state index contributed by atoms with van der Waals surface area (Å²) in [6.45, 7) is 1.69. The summed E-state index contributed by atoms with van der Waals surface area (Å²) in [5, 5.41) is 28.4. The van der Waals surface area contributed by atoms with E-state index in [2.05, 4.69) is 0 Å². The molecule has 2 saturated heterocycles. The van der Waals surface area contributed by atoms with Crippen molar-refractivity contribution in [2.75, 3.05) is 6.61 Å². The standard InChI is InChI=1S/C9H16O5/c1-2-3-5-7(11)8-9(12,14-8)6(4-10)13-5/h5-8,10-12H,2-4H2,1H3/t5?,6?,7?,8?,9-/m1/s1. The van der Waals surface area contributed by atoms with Crippen molar-refractivity contribution in [3.8, 4) is 0 Å². The molecule has 0 amide bonds. The smallest absolute Gasteiger partial charge is 0.225 e. The van der Waals surface area contributed by atoms with Crippen LogP contribution in [0.25, 0.3) is 0 Å². The van der Waals surface area contributed by atoms with Gasteiger partial charge in [-0.25, -0.2) is 0 Å². The average molecular weight is 204 g/mol. The van der Waals surface area contributed by atoms with Crippen molar-refractivity contribution in [3.05, 3.63) is 0 Å². The summed E-state index contributed by atoms with van der Waals surface area (Å²) in [6, 6.07) is 0. The van der Waals surface area contributed by atoms with Crippen LogP contribution in [0.1, 0.15) is 19.8 Å². The monoisotopic (exact) mass is 204 g/mol. The van der Waals surface area contributed by atoms with E-state index in [9.17, 15) is 10.2 Å². The van der Waals surface area contributed by atoms with Gasteiger partial charge < -0.3 is 24.8 Å². The van der Waals surface area contributed by atoms with Gasteiger partial charge in [0, 0.05) is 0 Å². The van der Waals surface area contributed by atoms with Gasteiger partial charge in [-0.3, -0.25) is 0 Å². The normalized spacial score (nSPS) is 51.4. The molecule has 2 heterocycles. The van der Waals surface area contributed by atoms with E-state index < -0.39 is 24.1 Å². The molecule has 4 unspecified atom stereocenters. The number of rotatable bonds is 3. The Labute approximate surface area is 82.3 Å². The van der Waals surface area contributed by atoms with Crippen molar-refractivity contribution >= 4 is 0 Å². The predicted octanol–water partition coefficient (Wildman–Crippen LogP) is -1.01. The lowest BCUT2D eigenvalue weighted by atomic mass is 9.96. The van der Waals surface area contributed by atoms with E-state index >= 15 is 0 Å². The molecule has 2 fully saturated rings. The van der Waals surface area contributed by atoms with Crippen LogP contribution < -0.4 is 0 Å². The summed E-state index contributed by atoms with van der Waals surface area (Å²) >= 11 is 0. The Balaban J connectivity index is 2.05. The highest BCUT2D eigenvalue weighted by atomic mass is 16.8. The van der Waals surface area contributed by atoms with Crippen LogP contribution in [0.4, 0.5) is 0 Å². The SMILES string of the molecule is CCCC1OC(CO)[C@@]2(O)OC2C1O. The molecule has 2 aliphatic rings. The van der Waals surface area contributed by atoms with Gasteiger partial charge in [0.05, 0.1) is 12.7 Å². The molecule has 0 bridgehead atoms. The van der Waals surface area contributed by atoms with Gasteiger partial charge in [0.2, 0.25) is 5.79 Å². The van der Waals surface area contributed by atoms with Crippen molar-refractivity contribution in [1.29, 1.82) is 0 Å². The minimum Gasteiger partial charge on any atom is -0.393 e. The van der Waals surface area contributed by atoms with E-state index in [0.29, 0.717) is 6.42 Å². The summed E-state index contributed by atoms with van der Waals surface area (Å²) in [7, 11) is 0. The molecule has 0 radical (unpaired) electrons. The second kappa shape index (κ2) is 3.43. The van der Waals surface area contributed by atoms with Gasteiger partial charge in [0.1, 0.15) is 18.3 Å². The third-order valence-corrected chi connectivity index (χ3v) is 2.90. The Bertz CT molecular complexity index is 221. The molecule has 2 aliphatic heterocycles. The Morgan fingerprint density at radius 3 is 2.71 bits per heavy atom. The molecule has 14 heavy (non-hydrogen) atoms. The van der Waals surface area contributed by atoms with Gasteiger partial charge >= 0.3 is 0 Å². The molecule has 5 nitrogen and oxygen atoms in total. The first-order chi connectivity index (χ1) is 6.63. The van der Waals surface area contributed by atoms with Crippen LogP contribution in [-0.4, -0.2) is 52.1 Å². The Morgan fingerprint density at radius 1 is 1.43 bits per heavy atom. The number of hydrogen-bond donors (Lipinski definition) is 3. The summed E-state index contributed by atoms with van der Waals surface area (Å²) in [5.74, 6) is -1.46. The minimum absolute atomic E-state index is 0.292. The van der Waals surface area contributed by atoms with Gasteiger partial charge in [-0.05, 0) is 6.42 Å². The van der Waals surface area contributed by atoms with Crippen LogP contribution >= 0.6 is 0 Å². The first-order valence-corrected chi connectivity index (χ1v) is 4.98. The number of epoxide rings is 1. The Kier molecular flexibility index (Phi) is 2.53. The zero-order valence-corrected chi connectivity index (χ0v) is 8.09. The topological polar surface area (TPSA) is 82.5 Å². The molecule has 0 saturated carbocycles. The maximum atomic E-state index is 9.70. The van der Waals surface area contributed by atoms with E-state index in [0.717, 1.165) is 6.42 Å². The van der Waals surface area contributed by atoms with E-state index in [-0.39, 0.29) is 12.7 Å². The fourth-order valence-electron chi connectivity index (χ4n) is 2.02. The number of hydrogen-bond acceptors (Lipinski definition) is 5. The van der Waals surface area contributed by atoms with Crippen LogP contribution in [0, 0.1) is 0 Å². The fraction of sp³-hybridized carbons (Fsp3) is 1.00. The van der Waals surface area contributed by atoms with Crippen molar-refractivity contribution in [3.63, 3.8) is 0 Å². The van der Waals surface area contributed by atoms with Gasteiger partial charge in [0.15, 0.2) is 0 Å². The largest absolute Gasteiger partial charge is 0.393 e. The maximum Gasteiger partial charge on any atom is 0.225 e. The first kappa shape index (κ1) is 10.3. The molecule has 0 aromatic rings. The number of ether oxygens (including phenoxy) is 2. The summed E-state index contributed by atoms with van der Waals surface area (Å²) in [5.41, 5.74) is 0. The zero-order chi connectivity index (χ0) is 10.3. The molecule has 0 aliphatic carbocycles. The van der Waals surface area contributed by atoms with E-state index in [1.807, 2.05) is 6.92 Å². The molecular weight excluding hydrogens is 188 g/mol. The van der Waals surface area contributed by atoms with Crippen molar-refractivity contribution in [2.45, 2.75) is 50.0 Å². The van der Waals surface area contributed by atoms with Crippen molar-refractivity contribution < 1.29 is 24.8 Å². The molecule has 0 spiro atoms. The van der Waals surface area contributed by atoms with Crippen LogP contribution in [0.3, 0.4) is 0 Å². The Morgan fingerprint density at radius 2 is 2.14 bits per heavy atom. The molecule has 5 atom stereocenters.